The molecule has 13 heteroatoms. The van der Waals surface area contributed by atoms with Crippen molar-refractivity contribution < 1.29 is 19.1 Å². The lowest BCUT2D eigenvalue weighted by atomic mass is 10.0. The Bertz CT molecular complexity index is 1760. The van der Waals surface area contributed by atoms with Gasteiger partial charge in [0, 0.05) is 56.5 Å². The summed E-state index contributed by atoms with van der Waals surface area (Å²) in [6.07, 6.45) is 3.64. The summed E-state index contributed by atoms with van der Waals surface area (Å²) in [5, 5.41) is 22.9. The number of anilines is 1. The maximum Gasteiger partial charge on any atom is 0.272 e. The van der Waals surface area contributed by atoms with E-state index >= 15 is 0 Å². The summed E-state index contributed by atoms with van der Waals surface area (Å²) in [4.78, 5) is 41.4. The van der Waals surface area contributed by atoms with Gasteiger partial charge in [0.1, 0.15) is 24.1 Å². The molecule has 0 spiro atoms. The van der Waals surface area contributed by atoms with E-state index in [1.807, 2.05) is 73.7 Å². The van der Waals surface area contributed by atoms with Crippen molar-refractivity contribution in [1.82, 2.24) is 35.1 Å². The molecule has 3 amide bonds. The van der Waals surface area contributed by atoms with Crippen LogP contribution in [0.15, 0.2) is 91.3 Å². The summed E-state index contributed by atoms with van der Waals surface area (Å²) in [6, 6.07) is 22.3. The highest BCUT2D eigenvalue weighted by Gasteiger charge is 2.36. The number of carbonyl (C=O) groups is 3. The smallest absolute Gasteiger partial charge is 0.272 e. The van der Waals surface area contributed by atoms with Crippen molar-refractivity contribution in [1.29, 1.82) is 5.26 Å². The molecule has 4 aromatic rings. The third-order valence-corrected chi connectivity index (χ3v) is 7.92. The second-order valence-electron chi connectivity index (χ2n) is 11.3. The standard InChI is InChI=1S/C20H19N7O2.C15H20N2O2/c1-2-26-19-14(13-22-27(19)15-6-4-3-5-7-15)12-17(20(26)29)23-18(28)16-8-10-25(24-16)11-9-21;1-13(12-17-7-9-19-10-8-17)15(18)16-11-14-5-3-2-4-6-14/h3-8,10,13,17H,2,11-12H2,1H3,(H,23,28);2-6H,1,7-12H2,(H,16,18). The SMILES string of the molecule is C=C(CN1CCOCC1)C(=O)NCc1ccccc1.CCN1C(=O)C(NC(=O)c2ccn(CC#N)n2)Cc2cnn(-c3ccccc3)c21. The fraction of sp³-hybridized carbons (Fsp3) is 0.314. The Morgan fingerprint density at radius 3 is 2.46 bits per heavy atom. The maximum atomic E-state index is 13.1. The number of hydrogen-bond acceptors (Lipinski definition) is 8. The number of fused-ring (bicyclic) bond motifs is 1. The molecule has 0 aliphatic carbocycles. The van der Waals surface area contributed by atoms with Crippen LogP contribution in [0.2, 0.25) is 0 Å². The van der Waals surface area contributed by atoms with Crippen LogP contribution in [-0.2, 0) is 33.8 Å². The zero-order valence-electron chi connectivity index (χ0n) is 26.9. The molecule has 0 saturated carbocycles. The van der Waals surface area contributed by atoms with Crippen molar-refractivity contribution in [3.63, 3.8) is 0 Å². The number of nitrogens with one attached hydrogen (secondary N) is 2. The largest absolute Gasteiger partial charge is 0.379 e. The minimum Gasteiger partial charge on any atom is -0.379 e. The molecule has 48 heavy (non-hydrogen) atoms. The van der Waals surface area contributed by atoms with Crippen LogP contribution in [0.4, 0.5) is 5.82 Å². The Hall–Kier alpha value is -5.58. The molecule has 6 rings (SSSR count). The number of rotatable bonds is 10. The predicted octanol–water partition coefficient (Wildman–Crippen LogP) is 2.49. The van der Waals surface area contributed by atoms with Gasteiger partial charge in [0.25, 0.3) is 11.8 Å². The van der Waals surface area contributed by atoms with Gasteiger partial charge >= 0.3 is 0 Å². The predicted molar refractivity (Wildman–Crippen MR) is 179 cm³/mol. The molecule has 2 aliphatic heterocycles. The monoisotopic (exact) mass is 649 g/mol. The van der Waals surface area contributed by atoms with E-state index in [9.17, 15) is 14.4 Å². The van der Waals surface area contributed by atoms with Gasteiger partial charge in [-0.2, -0.15) is 15.5 Å². The van der Waals surface area contributed by atoms with Crippen molar-refractivity contribution in [2.24, 2.45) is 0 Å². The number of aromatic nitrogens is 4. The van der Waals surface area contributed by atoms with Crippen molar-refractivity contribution >= 4 is 23.5 Å². The highest BCUT2D eigenvalue weighted by molar-refractivity contribution is 6.03. The van der Waals surface area contributed by atoms with Crippen LogP contribution in [0, 0.1) is 11.3 Å². The number of para-hydroxylation sites is 1. The van der Waals surface area contributed by atoms with Gasteiger partial charge in [0.15, 0.2) is 0 Å². The molecular weight excluding hydrogens is 610 g/mol. The van der Waals surface area contributed by atoms with Crippen molar-refractivity contribution in [3.05, 3.63) is 108 Å². The van der Waals surface area contributed by atoms with Crippen LogP contribution in [0.3, 0.4) is 0 Å². The zero-order chi connectivity index (χ0) is 33.9. The number of amides is 3. The van der Waals surface area contributed by atoms with E-state index in [0.29, 0.717) is 31.6 Å². The summed E-state index contributed by atoms with van der Waals surface area (Å²) in [7, 11) is 0. The number of nitrogens with zero attached hydrogens (tertiary/aromatic N) is 7. The molecule has 1 fully saturated rings. The van der Waals surface area contributed by atoms with Gasteiger partial charge in [-0.25, -0.2) is 4.68 Å². The fourth-order valence-corrected chi connectivity index (χ4v) is 5.46. The number of nitriles is 1. The molecule has 2 N–H and O–H groups in total. The minimum atomic E-state index is -0.704. The second-order valence-corrected chi connectivity index (χ2v) is 11.3. The first-order chi connectivity index (χ1) is 23.4. The minimum absolute atomic E-state index is 0.0568. The van der Waals surface area contributed by atoms with E-state index in [1.165, 1.54) is 10.7 Å². The third kappa shape index (κ3) is 8.41. The lowest BCUT2D eigenvalue weighted by Gasteiger charge is -2.32. The number of ether oxygens (including phenoxy) is 1. The van der Waals surface area contributed by atoms with Crippen LogP contribution < -0.4 is 15.5 Å². The van der Waals surface area contributed by atoms with Crippen molar-refractivity contribution in [2.45, 2.75) is 32.5 Å². The van der Waals surface area contributed by atoms with Gasteiger partial charge in [0.05, 0.1) is 31.2 Å². The first-order valence-corrected chi connectivity index (χ1v) is 15.8. The van der Waals surface area contributed by atoms with Crippen LogP contribution in [-0.4, -0.2) is 87.6 Å². The Kier molecular flexibility index (Phi) is 11.5. The van der Waals surface area contributed by atoms with Crippen molar-refractivity contribution in [3.8, 4) is 11.8 Å². The van der Waals surface area contributed by atoms with Crippen molar-refractivity contribution in [2.75, 3.05) is 44.3 Å². The van der Waals surface area contributed by atoms with Crippen LogP contribution in [0.5, 0.6) is 0 Å². The van der Waals surface area contributed by atoms with Gasteiger partial charge in [0.2, 0.25) is 5.91 Å². The molecular formula is C35H39N9O4. The average molecular weight is 650 g/mol. The van der Waals surface area contributed by atoms with E-state index in [4.69, 9.17) is 10.00 Å². The molecule has 4 heterocycles. The molecule has 0 radical (unpaired) electrons. The fourth-order valence-electron chi connectivity index (χ4n) is 5.46. The van der Waals surface area contributed by atoms with Crippen LogP contribution in [0.25, 0.3) is 5.69 Å². The lowest BCUT2D eigenvalue weighted by molar-refractivity contribution is -0.121. The Balaban J connectivity index is 0.000000206. The van der Waals surface area contributed by atoms with E-state index in [1.54, 1.807) is 22.0 Å². The first kappa shape index (κ1) is 33.8. The maximum absolute atomic E-state index is 13.1. The van der Waals surface area contributed by atoms with Gasteiger partial charge in [-0.1, -0.05) is 55.1 Å². The molecule has 2 aliphatic rings. The van der Waals surface area contributed by atoms with Gasteiger partial charge in [-0.3, -0.25) is 28.9 Å². The van der Waals surface area contributed by atoms with E-state index in [-0.39, 0.29) is 24.1 Å². The number of likely N-dealkylation sites (N-methyl/N-ethyl adjacent to an activating group) is 1. The number of benzene rings is 2. The van der Waals surface area contributed by atoms with Gasteiger partial charge in [-0.15, -0.1) is 0 Å². The quantitative estimate of drug-likeness (QED) is 0.249. The number of carbonyl (C=O) groups excluding carboxylic acids is 3. The molecule has 248 valence electrons. The third-order valence-electron chi connectivity index (χ3n) is 7.92. The second kappa shape index (κ2) is 16.3. The van der Waals surface area contributed by atoms with E-state index in [0.717, 1.165) is 48.9 Å². The molecule has 2 aromatic heterocycles. The van der Waals surface area contributed by atoms with Gasteiger partial charge < -0.3 is 15.4 Å². The summed E-state index contributed by atoms with van der Waals surface area (Å²) < 4.78 is 8.40. The Labute approximate surface area is 279 Å². The molecule has 13 nitrogen and oxygen atoms in total. The summed E-state index contributed by atoms with van der Waals surface area (Å²) in [5.74, 6) is 0.0142. The summed E-state index contributed by atoms with van der Waals surface area (Å²) >= 11 is 0. The average Bonchev–Trinajstić information content (AvgIpc) is 3.77. The van der Waals surface area contributed by atoms with E-state index in [2.05, 4.69) is 32.3 Å². The summed E-state index contributed by atoms with van der Waals surface area (Å²) in [6.45, 7) is 10.6. The van der Waals surface area contributed by atoms with Crippen LogP contribution in [0.1, 0.15) is 28.5 Å². The Morgan fingerprint density at radius 1 is 1.06 bits per heavy atom. The molecule has 1 unspecified atom stereocenters. The normalized spacial score (nSPS) is 15.8. The van der Waals surface area contributed by atoms with E-state index < -0.39 is 11.9 Å². The molecule has 1 atom stereocenters. The Morgan fingerprint density at radius 2 is 1.77 bits per heavy atom. The van der Waals surface area contributed by atoms with Crippen LogP contribution >= 0.6 is 0 Å². The first-order valence-electron chi connectivity index (χ1n) is 15.8. The highest BCUT2D eigenvalue weighted by Crippen LogP contribution is 2.30. The molecule has 0 bridgehead atoms. The molecule has 2 aromatic carbocycles. The molecule has 1 saturated heterocycles. The highest BCUT2D eigenvalue weighted by atomic mass is 16.5. The summed E-state index contributed by atoms with van der Waals surface area (Å²) in [5.41, 5.74) is 3.62. The zero-order valence-corrected chi connectivity index (χ0v) is 26.9. The topological polar surface area (TPSA) is 150 Å². The number of hydrogen-bond donors (Lipinski definition) is 2. The van der Waals surface area contributed by atoms with Gasteiger partial charge in [-0.05, 0) is 30.7 Å². The lowest BCUT2D eigenvalue weighted by Crippen LogP contribution is -2.53. The number of morpholine rings is 1.